The summed E-state index contributed by atoms with van der Waals surface area (Å²) >= 11 is 0. The first-order chi connectivity index (χ1) is 16.0. The normalized spacial score (nSPS) is 30.3. The fourth-order valence-corrected chi connectivity index (χ4v) is 6.83. The van der Waals surface area contributed by atoms with Crippen molar-refractivity contribution >= 4 is 11.9 Å². The molecule has 194 valence electrons. The summed E-state index contributed by atoms with van der Waals surface area (Å²) in [5.41, 5.74) is 2.34. The highest BCUT2D eigenvalue weighted by molar-refractivity contribution is 5.88. The standard InChI is InChI=1S/C30H45NO4/c1-27(2,3)20-14-18(15-21(25(20)33)28(4,5)6)17-31-22(10-11-24(31)32)26(34)35-23-16-19-12-13-30(23,9)29(19,7)8/h14-15,19,22-23,33H,10-13,16-17H2,1-9H3/t19-,22?,23-,30+/m1/s1. The Bertz CT molecular complexity index is 993. The minimum Gasteiger partial charge on any atom is -0.507 e. The highest BCUT2D eigenvalue weighted by atomic mass is 16.5. The monoisotopic (exact) mass is 483 g/mol. The van der Waals surface area contributed by atoms with Crippen LogP contribution >= 0.6 is 0 Å². The molecular formula is C30H45NO4. The zero-order chi connectivity index (χ0) is 26.1. The van der Waals surface area contributed by atoms with Crippen molar-refractivity contribution in [1.82, 2.24) is 4.90 Å². The summed E-state index contributed by atoms with van der Waals surface area (Å²) in [7, 11) is 0. The lowest BCUT2D eigenvalue weighted by atomic mass is 9.70. The zero-order valence-electron chi connectivity index (χ0n) is 23.2. The second-order valence-electron chi connectivity index (χ2n) is 14.2. The number of rotatable bonds is 4. The number of nitrogens with zero attached hydrogens (tertiary/aromatic N) is 1. The number of amides is 1. The van der Waals surface area contributed by atoms with Crippen molar-refractivity contribution in [2.75, 3.05) is 0 Å². The molecule has 3 aliphatic rings. The SMILES string of the molecule is CC(C)(C)c1cc(CN2C(=O)CCC2C(=O)O[C@@H]2C[C@H]3CC[C@]2(C)C3(C)C)cc(C(C)(C)C)c1O. The van der Waals surface area contributed by atoms with E-state index < -0.39 is 6.04 Å². The number of aromatic hydroxyl groups is 1. The predicted octanol–water partition coefficient (Wildman–Crippen LogP) is 6.24. The van der Waals surface area contributed by atoms with Crippen LogP contribution in [-0.4, -0.2) is 34.0 Å². The summed E-state index contributed by atoms with van der Waals surface area (Å²) in [6, 6.07) is 3.45. The lowest BCUT2D eigenvalue weighted by molar-refractivity contribution is -0.164. The Morgan fingerprint density at radius 3 is 2.09 bits per heavy atom. The number of carbonyl (C=O) groups excluding carboxylic acids is 2. The highest BCUT2D eigenvalue weighted by Gasteiger charge is 2.63. The Balaban J connectivity index is 1.58. The molecule has 0 aromatic heterocycles. The van der Waals surface area contributed by atoms with Gasteiger partial charge in [-0.3, -0.25) is 4.79 Å². The molecule has 4 rings (SSSR count). The van der Waals surface area contributed by atoms with E-state index in [2.05, 4.69) is 62.3 Å². The van der Waals surface area contributed by atoms with Gasteiger partial charge in [0.05, 0.1) is 0 Å². The maximum atomic E-state index is 13.4. The van der Waals surface area contributed by atoms with Crippen molar-refractivity contribution in [2.45, 2.75) is 124 Å². The first-order valence-corrected chi connectivity index (χ1v) is 13.3. The molecule has 2 aliphatic carbocycles. The van der Waals surface area contributed by atoms with Crippen molar-refractivity contribution in [1.29, 1.82) is 0 Å². The van der Waals surface area contributed by atoms with Crippen LogP contribution in [0.4, 0.5) is 0 Å². The molecular weight excluding hydrogens is 438 g/mol. The Morgan fingerprint density at radius 1 is 1.06 bits per heavy atom. The number of carbonyl (C=O) groups is 2. The molecule has 35 heavy (non-hydrogen) atoms. The largest absolute Gasteiger partial charge is 0.507 e. The molecule has 4 atom stereocenters. The fraction of sp³-hybridized carbons (Fsp3) is 0.733. The van der Waals surface area contributed by atoms with Gasteiger partial charge in [-0.1, -0.05) is 62.3 Å². The van der Waals surface area contributed by atoms with E-state index in [-0.39, 0.29) is 39.6 Å². The van der Waals surface area contributed by atoms with Crippen LogP contribution in [0.2, 0.25) is 0 Å². The smallest absolute Gasteiger partial charge is 0.329 e. The molecule has 0 radical (unpaired) electrons. The molecule has 1 amide bonds. The Hall–Kier alpha value is -2.04. The van der Waals surface area contributed by atoms with Crippen molar-refractivity contribution in [3.63, 3.8) is 0 Å². The van der Waals surface area contributed by atoms with Crippen LogP contribution in [-0.2, 0) is 31.7 Å². The van der Waals surface area contributed by atoms with Gasteiger partial charge in [0.25, 0.3) is 0 Å². The van der Waals surface area contributed by atoms with Gasteiger partial charge in [-0.15, -0.1) is 0 Å². The second-order valence-corrected chi connectivity index (χ2v) is 14.2. The van der Waals surface area contributed by atoms with E-state index in [1.54, 1.807) is 4.90 Å². The lowest BCUT2D eigenvalue weighted by Crippen LogP contribution is -2.44. The molecule has 3 fully saturated rings. The van der Waals surface area contributed by atoms with Gasteiger partial charge < -0.3 is 14.7 Å². The molecule has 0 spiro atoms. The van der Waals surface area contributed by atoms with Crippen LogP contribution < -0.4 is 0 Å². The number of fused-ring (bicyclic) bond motifs is 2. The Kier molecular flexibility index (Phi) is 6.13. The van der Waals surface area contributed by atoms with Crippen LogP contribution in [0.3, 0.4) is 0 Å². The molecule has 1 aromatic rings. The van der Waals surface area contributed by atoms with Gasteiger partial charge in [-0.25, -0.2) is 4.79 Å². The molecule has 1 N–H and O–H groups in total. The van der Waals surface area contributed by atoms with E-state index >= 15 is 0 Å². The van der Waals surface area contributed by atoms with Crippen molar-refractivity contribution < 1.29 is 19.4 Å². The third kappa shape index (κ3) is 4.27. The third-order valence-electron chi connectivity index (χ3n) is 9.71. The van der Waals surface area contributed by atoms with Crippen LogP contribution in [0, 0.1) is 16.7 Å². The van der Waals surface area contributed by atoms with E-state index in [9.17, 15) is 14.7 Å². The summed E-state index contributed by atoms with van der Waals surface area (Å²) in [4.78, 5) is 28.1. The van der Waals surface area contributed by atoms with Gasteiger partial charge in [0.2, 0.25) is 5.91 Å². The summed E-state index contributed by atoms with van der Waals surface area (Å²) in [5.74, 6) is 0.658. The summed E-state index contributed by atoms with van der Waals surface area (Å²) < 4.78 is 6.19. The fourth-order valence-electron chi connectivity index (χ4n) is 6.83. The van der Waals surface area contributed by atoms with Gasteiger partial charge in [0.1, 0.15) is 17.9 Å². The molecule has 5 heteroatoms. The average Bonchev–Trinajstić information content (AvgIpc) is 3.25. The first kappa shape index (κ1) is 26.0. The number of likely N-dealkylation sites (tertiary alicyclic amines) is 1. The topological polar surface area (TPSA) is 66.8 Å². The summed E-state index contributed by atoms with van der Waals surface area (Å²) in [6.45, 7) is 19.7. The maximum absolute atomic E-state index is 13.4. The Morgan fingerprint density at radius 2 is 1.63 bits per heavy atom. The van der Waals surface area contributed by atoms with Crippen LogP contribution in [0.5, 0.6) is 5.75 Å². The molecule has 1 heterocycles. The summed E-state index contributed by atoms with van der Waals surface area (Å²) in [6.07, 6.45) is 4.02. The van der Waals surface area contributed by atoms with Gasteiger partial charge >= 0.3 is 5.97 Å². The third-order valence-corrected chi connectivity index (χ3v) is 9.71. The molecule has 2 bridgehead atoms. The van der Waals surface area contributed by atoms with Crippen LogP contribution in [0.1, 0.15) is 111 Å². The van der Waals surface area contributed by atoms with Crippen molar-refractivity contribution in [3.8, 4) is 5.75 Å². The van der Waals surface area contributed by atoms with E-state index in [0.717, 1.165) is 29.5 Å². The number of phenols is 1. The number of ether oxygens (including phenoxy) is 1. The second kappa shape index (κ2) is 8.24. The molecule has 1 aliphatic heterocycles. The number of benzene rings is 1. The lowest BCUT2D eigenvalue weighted by Gasteiger charge is -2.39. The van der Waals surface area contributed by atoms with Gasteiger partial charge in [0, 0.05) is 18.4 Å². The number of hydrogen-bond donors (Lipinski definition) is 1. The predicted molar refractivity (Wildman–Crippen MR) is 138 cm³/mol. The number of phenolic OH excluding ortho intramolecular Hbond substituents is 1. The Labute approximate surface area is 211 Å². The zero-order valence-corrected chi connectivity index (χ0v) is 23.2. The maximum Gasteiger partial charge on any atom is 0.329 e. The molecule has 2 saturated carbocycles. The number of esters is 1. The van der Waals surface area contributed by atoms with Crippen molar-refractivity contribution in [3.05, 3.63) is 28.8 Å². The molecule has 1 aromatic carbocycles. The van der Waals surface area contributed by atoms with E-state index in [1.807, 2.05) is 12.1 Å². The molecule has 5 nitrogen and oxygen atoms in total. The highest BCUT2D eigenvalue weighted by Crippen LogP contribution is 2.66. The van der Waals surface area contributed by atoms with E-state index in [4.69, 9.17) is 4.74 Å². The van der Waals surface area contributed by atoms with Crippen LogP contribution in [0.15, 0.2) is 12.1 Å². The quantitative estimate of drug-likeness (QED) is 0.515. The first-order valence-electron chi connectivity index (χ1n) is 13.3. The summed E-state index contributed by atoms with van der Waals surface area (Å²) in [5, 5.41) is 11.1. The number of hydrogen-bond acceptors (Lipinski definition) is 4. The average molecular weight is 484 g/mol. The van der Waals surface area contributed by atoms with Crippen molar-refractivity contribution in [2.24, 2.45) is 16.7 Å². The van der Waals surface area contributed by atoms with E-state index in [1.165, 1.54) is 6.42 Å². The molecule has 1 saturated heterocycles. The van der Waals surface area contributed by atoms with Crippen LogP contribution in [0.25, 0.3) is 0 Å². The minimum atomic E-state index is -0.543. The van der Waals surface area contributed by atoms with E-state index in [0.29, 0.717) is 31.1 Å². The van der Waals surface area contributed by atoms with Gasteiger partial charge in [0.15, 0.2) is 0 Å². The minimum absolute atomic E-state index is 0.000939. The van der Waals surface area contributed by atoms with Gasteiger partial charge in [-0.05, 0) is 76.7 Å². The van der Waals surface area contributed by atoms with Gasteiger partial charge in [-0.2, -0.15) is 0 Å². The molecule has 1 unspecified atom stereocenters.